The predicted octanol–water partition coefficient (Wildman–Crippen LogP) is 3.65. The first-order valence-electron chi connectivity index (χ1n) is 10.2. The van der Waals surface area contributed by atoms with Gasteiger partial charge in [0.25, 0.3) is 5.91 Å². The number of piperidine rings is 1. The van der Waals surface area contributed by atoms with Crippen LogP contribution in [0.2, 0.25) is 0 Å². The number of carbonyl (C=O) groups is 1. The lowest BCUT2D eigenvalue weighted by Gasteiger charge is -2.39. The van der Waals surface area contributed by atoms with E-state index in [9.17, 15) is 4.79 Å². The second kappa shape index (κ2) is 7.13. The van der Waals surface area contributed by atoms with E-state index in [2.05, 4.69) is 22.3 Å². The van der Waals surface area contributed by atoms with Gasteiger partial charge in [-0.05, 0) is 62.4 Å². The van der Waals surface area contributed by atoms with Crippen molar-refractivity contribution < 1.29 is 14.3 Å². The monoisotopic (exact) mass is 378 g/mol. The number of fused-ring (bicyclic) bond motifs is 3. The van der Waals surface area contributed by atoms with E-state index in [1.54, 1.807) is 0 Å². The van der Waals surface area contributed by atoms with Gasteiger partial charge < -0.3 is 14.8 Å². The fourth-order valence-corrected chi connectivity index (χ4v) is 4.96. The molecule has 5 nitrogen and oxygen atoms in total. The van der Waals surface area contributed by atoms with Crippen LogP contribution < -0.4 is 14.8 Å². The maximum absolute atomic E-state index is 12.6. The normalized spacial score (nSPS) is 25.7. The Hall–Kier alpha value is -2.53. The molecule has 0 aromatic heterocycles. The predicted molar refractivity (Wildman–Crippen MR) is 107 cm³/mol. The Balaban J connectivity index is 1.23. The zero-order valence-corrected chi connectivity index (χ0v) is 16.2. The number of benzene rings is 2. The smallest absolute Gasteiger partial charge is 0.251 e. The van der Waals surface area contributed by atoms with Gasteiger partial charge in [-0.3, -0.25) is 9.69 Å². The van der Waals surface area contributed by atoms with Crippen LogP contribution in [-0.4, -0.2) is 35.7 Å². The lowest BCUT2D eigenvalue weighted by atomic mass is 9.96. The standard InChI is InChI=1S/C23H26N2O3/c1-15-3-2-4-17(9-15)23(26)24-18-11-19-6-7-20(12-18)25(19)13-16-5-8-21-22(10-16)28-14-27-21/h2-5,8-10,18-20H,6-7,11-14H2,1H3,(H,24,26). The molecule has 2 atom stereocenters. The molecule has 0 spiro atoms. The highest BCUT2D eigenvalue weighted by Gasteiger charge is 2.41. The van der Waals surface area contributed by atoms with Crippen LogP contribution in [0.5, 0.6) is 11.5 Å². The molecule has 2 bridgehead atoms. The summed E-state index contributed by atoms with van der Waals surface area (Å²) in [5, 5.41) is 3.28. The summed E-state index contributed by atoms with van der Waals surface area (Å²) in [6, 6.07) is 15.4. The van der Waals surface area contributed by atoms with Gasteiger partial charge in [0, 0.05) is 30.2 Å². The molecule has 2 unspecified atom stereocenters. The molecule has 0 saturated carbocycles. The lowest BCUT2D eigenvalue weighted by Crippen LogP contribution is -2.50. The largest absolute Gasteiger partial charge is 0.454 e. The summed E-state index contributed by atoms with van der Waals surface area (Å²) in [6.45, 7) is 3.27. The highest BCUT2D eigenvalue weighted by atomic mass is 16.7. The van der Waals surface area contributed by atoms with E-state index < -0.39 is 0 Å². The van der Waals surface area contributed by atoms with Gasteiger partial charge in [-0.15, -0.1) is 0 Å². The molecule has 3 aliphatic rings. The first kappa shape index (κ1) is 17.6. The van der Waals surface area contributed by atoms with E-state index in [4.69, 9.17) is 9.47 Å². The lowest BCUT2D eigenvalue weighted by molar-refractivity contribution is 0.0827. The third kappa shape index (κ3) is 3.35. The maximum Gasteiger partial charge on any atom is 0.251 e. The summed E-state index contributed by atoms with van der Waals surface area (Å²) < 4.78 is 10.9. The van der Waals surface area contributed by atoms with Crippen molar-refractivity contribution in [1.29, 1.82) is 0 Å². The number of carbonyl (C=O) groups excluding carboxylic acids is 1. The zero-order chi connectivity index (χ0) is 19.1. The fraction of sp³-hybridized carbons (Fsp3) is 0.435. The Morgan fingerprint density at radius 2 is 1.86 bits per heavy atom. The van der Waals surface area contributed by atoms with Gasteiger partial charge in [-0.1, -0.05) is 23.8 Å². The quantitative estimate of drug-likeness (QED) is 0.882. The van der Waals surface area contributed by atoms with Gasteiger partial charge in [0.2, 0.25) is 6.79 Å². The minimum Gasteiger partial charge on any atom is -0.454 e. The summed E-state index contributed by atoms with van der Waals surface area (Å²) in [5.41, 5.74) is 3.14. The van der Waals surface area contributed by atoms with Crippen LogP contribution in [-0.2, 0) is 6.54 Å². The molecular weight excluding hydrogens is 352 g/mol. The summed E-state index contributed by atoms with van der Waals surface area (Å²) in [5.74, 6) is 1.74. The number of aryl methyl sites for hydroxylation is 1. The van der Waals surface area contributed by atoms with Crippen LogP contribution in [0.1, 0.15) is 47.2 Å². The molecule has 146 valence electrons. The van der Waals surface area contributed by atoms with Crippen molar-refractivity contribution in [2.24, 2.45) is 0 Å². The Labute approximate surface area is 165 Å². The topological polar surface area (TPSA) is 50.8 Å². The van der Waals surface area contributed by atoms with Gasteiger partial charge in [0.05, 0.1) is 0 Å². The van der Waals surface area contributed by atoms with Crippen molar-refractivity contribution in [2.75, 3.05) is 6.79 Å². The average molecular weight is 378 g/mol. The van der Waals surface area contributed by atoms with Gasteiger partial charge in [0.1, 0.15) is 0 Å². The second-order valence-electron chi connectivity index (χ2n) is 8.26. The van der Waals surface area contributed by atoms with Crippen molar-refractivity contribution in [3.63, 3.8) is 0 Å². The van der Waals surface area contributed by atoms with Crippen LogP contribution in [0, 0.1) is 6.92 Å². The number of rotatable bonds is 4. The first-order valence-corrected chi connectivity index (χ1v) is 10.2. The molecule has 28 heavy (non-hydrogen) atoms. The van der Waals surface area contributed by atoms with Crippen LogP contribution in [0.3, 0.4) is 0 Å². The highest BCUT2D eigenvalue weighted by Crippen LogP contribution is 2.38. The number of amides is 1. The van der Waals surface area contributed by atoms with Crippen molar-refractivity contribution in [3.8, 4) is 11.5 Å². The van der Waals surface area contributed by atoms with Crippen molar-refractivity contribution in [1.82, 2.24) is 10.2 Å². The van der Waals surface area contributed by atoms with E-state index in [-0.39, 0.29) is 11.9 Å². The molecule has 2 aromatic carbocycles. The SMILES string of the molecule is Cc1cccc(C(=O)NC2CC3CCC(C2)N3Cc2ccc3c(c2)OCO3)c1. The molecule has 5 rings (SSSR count). The van der Waals surface area contributed by atoms with E-state index in [1.807, 2.05) is 37.3 Å². The van der Waals surface area contributed by atoms with Crippen molar-refractivity contribution >= 4 is 5.91 Å². The van der Waals surface area contributed by atoms with Crippen molar-refractivity contribution in [3.05, 3.63) is 59.2 Å². The van der Waals surface area contributed by atoms with Crippen LogP contribution in [0.25, 0.3) is 0 Å². The van der Waals surface area contributed by atoms with Gasteiger partial charge in [0.15, 0.2) is 11.5 Å². The van der Waals surface area contributed by atoms with E-state index in [0.29, 0.717) is 18.9 Å². The van der Waals surface area contributed by atoms with E-state index in [0.717, 1.165) is 42.0 Å². The highest BCUT2D eigenvalue weighted by molar-refractivity contribution is 5.94. The van der Waals surface area contributed by atoms with Gasteiger partial charge >= 0.3 is 0 Å². The molecule has 3 aliphatic heterocycles. The maximum atomic E-state index is 12.6. The summed E-state index contributed by atoms with van der Waals surface area (Å²) in [6.07, 6.45) is 4.48. The molecular formula is C23H26N2O3. The summed E-state index contributed by atoms with van der Waals surface area (Å²) >= 11 is 0. The second-order valence-corrected chi connectivity index (χ2v) is 8.26. The fourth-order valence-electron chi connectivity index (χ4n) is 4.96. The molecule has 1 amide bonds. The van der Waals surface area contributed by atoms with Crippen LogP contribution in [0.15, 0.2) is 42.5 Å². The van der Waals surface area contributed by atoms with E-state index >= 15 is 0 Å². The molecule has 2 fully saturated rings. The number of nitrogens with one attached hydrogen (secondary N) is 1. The Morgan fingerprint density at radius 3 is 2.64 bits per heavy atom. The minimum atomic E-state index is 0.0531. The van der Waals surface area contributed by atoms with E-state index in [1.165, 1.54) is 18.4 Å². The molecule has 0 aliphatic carbocycles. The third-order valence-corrected chi connectivity index (χ3v) is 6.30. The Bertz CT molecular complexity index is 883. The molecule has 0 radical (unpaired) electrons. The molecule has 2 aromatic rings. The van der Waals surface area contributed by atoms with Crippen molar-refractivity contribution in [2.45, 2.75) is 57.3 Å². The molecule has 2 saturated heterocycles. The Morgan fingerprint density at radius 1 is 1.07 bits per heavy atom. The summed E-state index contributed by atoms with van der Waals surface area (Å²) in [4.78, 5) is 15.2. The van der Waals surface area contributed by atoms with Gasteiger partial charge in [-0.25, -0.2) is 0 Å². The average Bonchev–Trinajstić information content (AvgIpc) is 3.23. The van der Waals surface area contributed by atoms with Crippen LogP contribution >= 0.6 is 0 Å². The number of ether oxygens (including phenoxy) is 2. The number of nitrogens with zero attached hydrogens (tertiary/aromatic N) is 1. The summed E-state index contributed by atoms with van der Waals surface area (Å²) in [7, 11) is 0. The zero-order valence-electron chi connectivity index (χ0n) is 16.2. The molecule has 5 heteroatoms. The number of hydrogen-bond acceptors (Lipinski definition) is 4. The third-order valence-electron chi connectivity index (χ3n) is 6.30. The minimum absolute atomic E-state index is 0.0531. The van der Waals surface area contributed by atoms with Gasteiger partial charge in [-0.2, -0.15) is 0 Å². The number of hydrogen-bond donors (Lipinski definition) is 1. The molecule has 3 heterocycles. The first-order chi connectivity index (χ1) is 13.7. The Kier molecular flexibility index (Phi) is 4.47. The molecule has 1 N–H and O–H groups in total. The van der Waals surface area contributed by atoms with Crippen LogP contribution in [0.4, 0.5) is 0 Å².